The van der Waals surface area contributed by atoms with Crippen LogP contribution in [0.15, 0.2) is 72.9 Å². The Kier molecular flexibility index (Phi) is 8.58. The zero-order valence-corrected chi connectivity index (χ0v) is 26.4. The van der Waals surface area contributed by atoms with Gasteiger partial charge >= 0.3 is 0 Å². The van der Waals surface area contributed by atoms with Crippen LogP contribution in [0.1, 0.15) is 117 Å². The van der Waals surface area contributed by atoms with Crippen molar-refractivity contribution in [1.82, 2.24) is 4.81 Å². The summed E-state index contributed by atoms with van der Waals surface area (Å²) in [5.41, 5.74) is 10.5. The summed E-state index contributed by atoms with van der Waals surface area (Å²) in [7, 11) is 0. The largest absolute Gasteiger partial charge is 0.336 e. The molecule has 0 heterocycles. The van der Waals surface area contributed by atoms with Crippen molar-refractivity contribution in [2.45, 2.75) is 123 Å². The Balaban J connectivity index is 1.94. The van der Waals surface area contributed by atoms with Crippen LogP contribution in [0.2, 0.25) is 5.82 Å². The molecule has 0 aromatic heterocycles. The zero-order chi connectivity index (χ0) is 28.7. The number of benzene rings is 2. The lowest BCUT2D eigenvalue weighted by Crippen LogP contribution is -2.53. The van der Waals surface area contributed by atoms with E-state index >= 15 is 0 Å². The first-order chi connectivity index (χ1) is 18.2. The van der Waals surface area contributed by atoms with Crippen LogP contribution in [-0.2, 0) is 10.8 Å². The number of unbranched alkanes of at least 4 members (excludes halogenated alkanes) is 1. The van der Waals surface area contributed by atoms with E-state index in [0.717, 1.165) is 12.8 Å². The molecule has 0 saturated heterocycles. The van der Waals surface area contributed by atoms with Crippen LogP contribution in [0.3, 0.4) is 0 Å². The van der Waals surface area contributed by atoms with Gasteiger partial charge in [-0.3, -0.25) is 0 Å². The molecule has 0 fully saturated rings. The third kappa shape index (κ3) is 6.07. The Morgan fingerprint density at radius 3 is 1.79 bits per heavy atom. The first-order valence-corrected chi connectivity index (χ1v) is 15.3. The molecule has 0 radical (unpaired) electrons. The van der Waals surface area contributed by atoms with Gasteiger partial charge in [0.25, 0.3) is 0 Å². The Morgan fingerprint density at radius 1 is 0.846 bits per heavy atom. The van der Waals surface area contributed by atoms with E-state index in [2.05, 4.69) is 135 Å². The predicted molar refractivity (Wildman–Crippen MR) is 174 cm³/mol. The van der Waals surface area contributed by atoms with Crippen LogP contribution in [0.25, 0.3) is 11.1 Å². The molecule has 2 aliphatic rings. The molecule has 0 N–H and O–H groups in total. The number of nitrogens with zero attached hydrogens (tertiary/aromatic N) is 1. The third-order valence-electron chi connectivity index (χ3n) is 8.88. The van der Waals surface area contributed by atoms with Crippen LogP contribution >= 0.6 is 0 Å². The third-order valence-corrected chi connectivity index (χ3v) is 8.88. The van der Waals surface area contributed by atoms with E-state index in [1.54, 1.807) is 0 Å². The minimum Gasteiger partial charge on any atom is -0.336 e. The number of hydrogen-bond acceptors (Lipinski definition) is 1. The van der Waals surface area contributed by atoms with Crippen molar-refractivity contribution >= 4 is 6.85 Å². The van der Waals surface area contributed by atoms with Crippen molar-refractivity contribution in [3.05, 3.63) is 95.1 Å². The van der Waals surface area contributed by atoms with E-state index < -0.39 is 0 Å². The minimum absolute atomic E-state index is 0.113. The molecule has 0 spiro atoms. The topological polar surface area (TPSA) is 3.24 Å². The summed E-state index contributed by atoms with van der Waals surface area (Å²) in [6.45, 7) is 27.9. The van der Waals surface area contributed by atoms with E-state index in [-0.39, 0.29) is 10.8 Å². The summed E-state index contributed by atoms with van der Waals surface area (Å²) < 4.78 is 0. The van der Waals surface area contributed by atoms with E-state index in [9.17, 15) is 0 Å². The monoisotopic (exact) mass is 521 g/mol. The zero-order valence-electron chi connectivity index (χ0n) is 26.4. The molecule has 208 valence electrons. The molecule has 2 aromatic rings. The van der Waals surface area contributed by atoms with E-state index in [0.29, 0.717) is 30.6 Å². The van der Waals surface area contributed by atoms with Crippen molar-refractivity contribution < 1.29 is 0 Å². The molecular weight excluding hydrogens is 469 g/mol. The van der Waals surface area contributed by atoms with Gasteiger partial charge in [-0.1, -0.05) is 136 Å². The maximum Gasteiger partial charge on any atom is 0.247 e. The van der Waals surface area contributed by atoms with Gasteiger partial charge in [0.15, 0.2) is 0 Å². The number of hydrogen-bond donors (Lipinski definition) is 0. The maximum absolute atomic E-state index is 3.93. The molecule has 2 heteroatoms. The highest BCUT2D eigenvalue weighted by Crippen LogP contribution is 2.52. The van der Waals surface area contributed by atoms with Gasteiger partial charge in [0.05, 0.1) is 0 Å². The highest BCUT2D eigenvalue weighted by atomic mass is 15.1. The smallest absolute Gasteiger partial charge is 0.247 e. The van der Waals surface area contributed by atoms with E-state index in [4.69, 9.17) is 0 Å². The molecule has 1 nitrogen and oxygen atoms in total. The van der Waals surface area contributed by atoms with Gasteiger partial charge in [-0.25, -0.2) is 0 Å². The van der Waals surface area contributed by atoms with Gasteiger partial charge in [-0.05, 0) is 81.4 Å². The molecule has 2 aliphatic carbocycles. The maximum atomic E-state index is 3.93. The van der Waals surface area contributed by atoms with Gasteiger partial charge in [0.1, 0.15) is 0 Å². The normalized spacial score (nSPS) is 17.3. The Hall–Kier alpha value is -2.32. The predicted octanol–water partition coefficient (Wildman–Crippen LogP) is 10.3. The number of fused-ring (bicyclic) bond motifs is 3. The SMILES string of the molecule is C=CCCCC1=CC(B(C2c3cc(C(C)(C)C)ccc3-c3ccc(C(C)(C)C)cc32)N(C(C)C)C(C)C)C=C1. The summed E-state index contributed by atoms with van der Waals surface area (Å²) in [4.78, 5) is 2.80. The van der Waals surface area contributed by atoms with Crippen molar-refractivity contribution in [1.29, 1.82) is 0 Å². The Morgan fingerprint density at radius 2 is 1.36 bits per heavy atom. The van der Waals surface area contributed by atoms with Gasteiger partial charge < -0.3 is 4.81 Å². The van der Waals surface area contributed by atoms with Crippen LogP contribution in [-0.4, -0.2) is 23.7 Å². The summed E-state index contributed by atoms with van der Waals surface area (Å²) in [6.07, 6.45) is 12.9. The average molecular weight is 522 g/mol. The second-order valence-corrected chi connectivity index (χ2v) is 14.6. The van der Waals surface area contributed by atoms with Crippen LogP contribution < -0.4 is 0 Å². The molecule has 1 unspecified atom stereocenters. The summed E-state index contributed by atoms with van der Waals surface area (Å²) in [6, 6.07) is 15.6. The van der Waals surface area contributed by atoms with Gasteiger partial charge in [0.2, 0.25) is 6.85 Å². The van der Waals surface area contributed by atoms with Crippen molar-refractivity contribution in [3.8, 4) is 11.1 Å². The van der Waals surface area contributed by atoms with Gasteiger partial charge in [-0.2, -0.15) is 0 Å². The quantitative estimate of drug-likeness (QED) is 0.180. The van der Waals surface area contributed by atoms with Gasteiger partial charge in [0, 0.05) is 5.82 Å². The molecule has 0 amide bonds. The van der Waals surface area contributed by atoms with Crippen molar-refractivity contribution in [2.75, 3.05) is 0 Å². The second-order valence-electron chi connectivity index (χ2n) is 14.6. The average Bonchev–Trinajstić information content (AvgIpc) is 3.43. The highest BCUT2D eigenvalue weighted by Gasteiger charge is 2.46. The van der Waals surface area contributed by atoms with E-state index in [1.165, 1.54) is 45.4 Å². The Labute approximate surface area is 240 Å². The highest BCUT2D eigenvalue weighted by molar-refractivity contribution is 6.62. The minimum atomic E-state index is 0.113. The molecule has 2 aromatic carbocycles. The van der Waals surface area contributed by atoms with E-state index in [1.807, 2.05) is 6.08 Å². The van der Waals surface area contributed by atoms with Crippen molar-refractivity contribution in [2.24, 2.45) is 0 Å². The molecule has 4 rings (SSSR count). The lowest BCUT2D eigenvalue weighted by atomic mass is 9.39. The van der Waals surface area contributed by atoms with Crippen LogP contribution in [0.5, 0.6) is 0 Å². The van der Waals surface area contributed by atoms with Crippen LogP contribution in [0, 0.1) is 0 Å². The number of rotatable bonds is 9. The number of allylic oxidation sites excluding steroid dienone is 5. The lowest BCUT2D eigenvalue weighted by Gasteiger charge is -2.42. The molecule has 0 bridgehead atoms. The fourth-order valence-electron chi connectivity index (χ4n) is 6.90. The summed E-state index contributed by atoms with van der Waals surface area (Å²) in [5, 5.41) is 0. The first-order valence-electron chi connectivity index (χ1n) is 15.3. The Bertz CT molecular complexity index is 1180. The summed E-state index contributed by atoms with van der Waals surface area (Å²) >= 11 is 0. The molecular formula is C37H52BN. The second kappa shape index (κ2) is 11.3. The van der Waals surface area contributed by atoms with Gasteiger partial charge in [-0.15, -0.1) is 6.58 Å². The lowest BCUT2D eigenvalue weighted by molar-refractivity contribution is 0.297. The van der Waals surface area contributed by atoms with Crippen molar-refractivity contribution in [3.63, 3.8) is 0 Å². The molecule has 0 saturated carbocycles. The molecule has 39 heavy (non-hydrogen) atoms. The summed E-state index contributed by atoms with van der Waals surface area (Å²) in [5.74, 6) is 0.705. The fourth-order valence-corrected chi connectivity index (χ4v) is 6.90. The first kappa shape index (κ1) is 29.7. The molecule has 1 atom stereocenters. The standard InChI is InChI=1S/C37H52BN/c1-12-13-14-15-27-16-19-30(22-27)38(39(25(2)3)26(4)5)35-33-23-28(36(6,7)8)17-20-31(33)32-21-18-29(24-34(32)35)37(9,10)11/h12,16-26,30,35H,1,13-15H2,2-11H3. The molecule has 0 aliphatic heterocycles. The fraction of sp³-hybridized carbons (Fsp3) is 0.514. The van der Waals surface area contributed by atoms with Crippen LogP contribution in [0.4, 0.5) is 0 Å².